The molecule has 452 valence electrons. The molecule has 6 unspecified atom stereocenters. The number of aliphatic hydroxyl groups is 2. The molecule has 0 spiro atoms. The summed E-state index contributed by atoms with van der Waals surface area (Å²) >= 11 is 0. The number of aliphatic hydroxyl groups excluding tert-OH is 2. The summed E-state index contributed by atoms with van der Waals surface area (Å²) in [6, 6.07) is 0. The zero-order valence-corrected chi connectivity index (χ0v) is 50.0. The van der Waals surface area contributed by atoms with Gasteiger partial charge in [-0.1, -0.05) is 277 Å². The van der Waals surface area contributed by atoms with E-state index in [0.717, 1.165) is 57.8 Å². The third kappa shape index (κ3) is 43.9. The highest BCUT2D eigenvalue weighted by Gasteiger charge is 2.50. The van der Waals surface area contributed by atoms with E-state index in [1.807, 2.05) is 0 Å². The Hall–Kier alpha value is -2.54. The molecule has 1 aliphatic rings. The van der Waals surface area contributed by atoms with Crippen LogP contribution in [0.15, 0.2) is 12.2 Å². The van der Waals surface area contributed by atoms with E-state index in [1.165, 1.54) is 212 Å². The Morgan fingerprint density at radius 3 is 1.10 bits per heavy atom. The maximum Gasteiger partial charge on any atom is 0.335 e. The Kier molecular flexibility index (Phi) is 50.9. The number of rotatable bonds is 57. The fraction of sp³-hybridized carbons (Fsp3) is 0.908. The minimum atomic E-state index is -1.90. The molecule has 1 saturated heterocycles. The van der Waals surface area contributed by atoms with E-state index in [2.05, 4.69) is 32.9 Å². The van der Waals surface area contributed by atoms with Crippen LogP contribution < -0.4 is 0 Å². The Bertz CT molecular complexity index is 1390. The molecule has 0 aliphatic carbocycles. The van der Waals surface area contributed by atoms with Crippen molar-refractivity contribution in [3.8, 4) is 0 Å². The first kappa shape index (κ1) is 72.5. The van der Waals surface area contributed by atoms with Crippen molar-refractivity contribution >= 4 is 23.9 Å². The molecule has 12 nitrogen and oxygen atoms in total. The van der Waals surface area contributed by atoms with Crippen LogP contribution in [-0.2, 0) is 42.9 Å². The van der Waals surface area contributed by atoms with Crippen LogP contribution in [0.4, 0.5) is 0 Å². The number of aliphatic carboxylic acids is 1. The summed E-state index contributed by atoms with van der Waals surface area (Å²) in [5, 5.41) is 31.5. The Morgan fingerprint density at radius 2 is 0.740 bits per heavy atom. The Morgan fingerprint density at radius 1 is 0.416 bits per heavy atom. The summed E-state index contributed by atoms with van der Waals surface area (Å²) in [7, 11) is 0. The van der Waals surface area contributed by atoms with Gasteiger partial charge >= 0.3 is 23.9 Å². The second-order valence-electron chi connectivity index (χ2n) is 22.8. The summed E-state index contributed by atoms with van der Waals surface area (Å²) in [4.78, 5) is 51.3. The van der Waals surface area contributed by atoms with Crippen molar-refractivity contribution in [2.75, 3.05) is 13.2 Å². The Balaban J connectivity index is 2.63. The molecule has 3 N–H and O–H groups in total. The van der Waals surface area contributed by atoms with Crippen molar-refractivity contribution in [3.63, 3.8) is 0 Å². The maximum absolute atomic E-state index is 13.2. The number of ether oxygens (including phenoxy) is 5. The molecule has 77 heavy (non-hydrogen) atoms. The molecule has 0 radical (unpaired) electrons. The summed E-state index contributed by atoms with van der Waals surface area (Å²) in [6.45, 7) is 6.04. The van der Waals surface area contributed by atoms with E-state index in [9.17, 15) is 34.5 Å². The molecule has 0 bridgehead atoms. The first-order valence-electron chi connectivity index (χ1n) is 32.7. The number of hydrogen-bond acceptors (Lipinski definition) is 11. The van der Waals surface area contributed by atoms with Crippen LogP contribution in [0.1, 0.15) is 329 Å². The number of esters is 3. The molecule has 1 rings (SSSR count). The largest absolute Gasteiger partial charge is 0.479 e. The number of carboxylic acid groups (broad SMARTS) is 1. The number of allylic oxidation sites excluding steroid dienone is 2. The maximum atomic E-state index is 13.2. The van der Waals surface area contributed by atoms with Gasteiger partial charge in [-0.15, -0.1) is 0 Å². The van der Waals surface area contributed by atoms with Crippen molar-refractivity contribution in [2.24, 2.45) is 0 Å². The molecule has 0 saturated carbocycles. The molecular formula is C65H120O12. The molecule has 1 heterocycles. The smallest absolute Gasteiger partial charge is 0.335 e. The highest BCUT2D eigenvalue weighted by Crippen LogP contribution is 2.27. The van der Waals surface area contributed by atoms with E-state index >= 15 is 0 Å². The second kappa shape index (κ2) is 54.1. The second-order valence-corrected chi connectivity index (χ2v) is 22.8. The van der Waals surface area contributed by atoms with E-state index in [-0.39, 0.29) is 25.9 Å². The minimum Gasteiger partial charge on any atom is -0.479 e. The molecule has 12 heteroatoms. The number of carbonyl (C=O) groups is 4. The van der Waals surface area contributed by atoms with Crippen molar-refractivity contribution < 1.29 is 58.2 Å². The third-order valence-electron chi connectivity index (χ3n) is 15.3. The summed E-state index contributed by atoms with van der Waals surface area (Å²) in [5.74, 6) is -3.07. The van der Waals surface area contributed by atoms with Crippen molar-refractivity contribution in [1.29, 1.82) is 0 Å². The van der Waals surface area contributed by atoms with Crippen LogP contribution in [-0.4, -0.2) is 89.2 Å². The van der Waals surface area contributed by atoms with Gasteiger partial charge in [0.25, 0.3) is 0 Å². The highest BCUT2D eigenvalue weighted by atomic mass is 16.7. The lowest BCUT2D eigenvalue weighted by atomic mass is 9.98. The minimum absolute atomic E-state index is 0.0688. The van der Waals surface area contributed by atoms with Gasteiger partial charge in [-0.05, 0) is 44.9 Å². The third-order valence-corrected chi connectivity index (χ3v) is 15.3. The standard InChI is InChI=1S/C65H120O12/c1-4-7-10-13-16-19-22-25-27-28-29-30-32-34-36-39-42-45-48-51-57(66)73-54-56(75-58(67)52-49-46-43-40-38-35-31-26-23-20-17-14-11-8-5-2)55-74-65-63(61(70)60(69)62(77-65)64(71)72)76-59(68)53-50-47-44-41-37-33-24-21-18-15-12-9-6-3/h25,27,56,60-63,65,69-70H,4-24,26,28-55H2,1-3H3,(H,71,72)/b27-25-. The summed E-state index contributed by atoms with van der Waals surface area (Å²) < 4.78 is 28.5. The van der Waals surface area contributed by atoms with Gasteiger partial charge in [0.1, 0.15) is 18.8 Å². The quantitative estimate of drug-likeness (QED) is 0.0228. The van der Waals surface area contributed by atoms with Crippen molar-refractivity contribution in [2.45, 2.75) is 366 Å². The number of carbonyl (C=O) groups excluding carboxylic acids is 3. The molecule has 0 aromatic carbocycles. The van der Waals surface area contributed by atoms with Gasteiger partial charge in [-0.25, -0.2) is 4.79 Å². The average Bonchev–Trinajstić information content (AvgIpc) is 3.42. The molecule has 0 aromatic rings. The van der Waals surface area contributed by atoms with Crippen LogP contribution in [0.2, 0.25) is 0 Å². The van der Waals surface area contributed by atoms with Gasteiger partial charge < -0.3 is 39.0 Å². The van der Waals surface area contributed by atoms with E-state index in [0.29, 0.717) is 19.3 Å². The zero-order chi connectivity index (χ0) is 56.1. The van der Waals surface area contributed by atoms with Crippen LogP contribution >= 0.6 is 0 Å². The van der Waals surface area contributed by atoms with Crippen molar-refractivity contribution in [3.05, 3.63) is 12.2 Å². The summed E-state index contributed by atoms with van der Waals surface area (Å²) in [6.07, 6.45) is 48.9. The Labute approximate surface area is 471 Å². The zero-order valence-electron chi connectivity index (χ0n) is 50.0. The highest BCUT2D eigenvalue weighted by molar-refractivity contribution is 5.74. The first-order valence-corrected chi connectivity index (χ1v) is 32.7. The monoisotopic (exact) mass is 1090 g/mol. The average molecular weight is 1090 g/mol. The summed E-state index contributed by atoms with van der Waals surface area (Å²) in [5.41, 5.74) is 0. The van der Waals surface area contributed by atoms with Crippen LogP contribution in [0, 0.1) is 0 Å². The number of carboxylic acids is 1. The van der Waals surface area contributed by atoms with Gasteiger partial charge in [0, 0.05) is 19.3 Å². The number of unbranched alkanes of at least 4 members (excludes halogenated alkanes) is 41. The number of hydrogen-bond donors (Lipinski definition) is 3. The fourth-order valence-corrected chi connectivity index (χ4v) is 10.3. The molecular weight excluding hydrogens is 973 g/mol. The predicted molar refractivity (Wildman–Crippen MR) is 313 cm³/mol. The van der Waals surface area contributed by atoms with Gasteiger partial charge in [0.2, 0.25) is 0 Å². The van der Waals surface area contributed by atoms with E-state index in [4.69, 9.17) is 23.7 Å². The molecule has 0 amide bonds. The van der Waals surface area contributed by atoms with Gasteiger partial charge in [-0.2, -0.15) is 0 Å². The SMILES string of the molecule is CCCCCCCC/C=C\CCCCCCCCCCCC(=O)OCC(COC1OC(C(=O)O)C(O)C(O)C1OC(=O)CCCCCCCCCCCCCCC)OC(=O)CCCCCCCCCCCCCCCCC. The van der Waals surface area contributed by atoms with E-state index < -0.39 is 67.3 Å². The van der Waals surface area contributed by atoms with Gasteiger partial charge in [-0.3, -0.25) is 14.4 Å². The predicted octanol–water partition coefficient (Wildman–Crippen LogP) is 17.2. The van der Waals surface area contributed by atoms with Crippen LogP contribution in [0.3, 0.4) is 0 Å². The van der Waals surface area contributed by atoms with Gasteiger partial charge in [0.05, 0.1) is 6.61 Å². The lowest BCUT2D eigenvalue weighted by Gasteiger charge is -2.40. The van der Waals surface area contributed by atoms with Crippen molar-refractivity contribution in [1.82, 2.24) is 0 Å². The molecule has 6 atom stereocenters. The van der Waals surface area contributed by atoms with Gasteiger partial charge in [0.15, 0.2) is 24.6 Å². The molecule has 1 fully saturated rings. The normalized spacial score (nSPS) is 18.0. The van der Waals surface area contributed by atoms with E-state index in [1.54, 1.807) is 0 Å². The van der Waals surface area contributed by atoms with Crippen LogP contribution in [0.5, 0.6) is 0 Å². The lowest BCUT2D eigenvalue weighted by Crippen LogP contribution is -2.61. The topological polar surface area (TPSA) is 175 Å². The molecule has 1 aliphatic heterocycles. The first-order chi connectivity index (χ1) is 37.6. The lowest BCUT2D eigenvalue weighted by molar-refractivity contribution is -0.301. The fourth-order valence-electron chi connectivity index (χ4n) is 10.3. The molecule has 0 aromatic heterocycles. The van der Waals surface area contributed by atoms with Crippen LogP contribution in [0.25, 0.3) is 0 Å².